The molecule has 3 aliphatic heterocycles. The van der Waals surface area contributed by atoms with Crippen molar-refractivity contribution in [3.8, 4) is 0 Å². The van der Waals surface area contributed by atoms with Crippen LogP contribution in [0.4, 0.5) is 4.79 Å². The molecule has 3 N–H and O–H groups in total. The highest BCUT2D eigenvalue weighted by Gasteiger charge is 2.41. The Kier molecular flexibility index (Phi) is 10.4. The molecule has 228 valence electrons. The van der Waals surface area contributed by atoms with Gasteiger partial charge in [0, 0.05) is 51.0 Å². The maximum absolute atomic E-state index is 12.0. The van der Waals surface area contributed by atoms with Gasteiger partial charge in [0.2, 0.25) is 0 Å². The Labute approximate surface area is 246 Å². The van der Waals surface area contributed by atoms with Crippen LogP contribution >= 0.6 is 0 Å². The van der Waals surface area contributed by atoms with Crippen LogP contribution in [-0.4, -0.2) is 79.9 Å². The number of nitrogens with one attached hydrogen (secondary N) is 2. The number of aliphatic hydroxyl groups is 1. The molecular weight excluding hydrogens is 542 g/mol. The normalized spacial score (nSPS) is 23.9. The number of urea groups is 1. The van der Waals surface area contributed by atoms with Crippen molar-refractivity contribution in [3.63, 3.8) is 0 Å². The SMILES string of the molecule is CCOC(=O)CNC(=O)NCc1ccc([C@@H]2O[C@H](CN3CCC4(CC3)OCCO4)C[C@H](c3ccc(CO)cc3)O2)cc1. The van der Waals surface area contributed by atoms with E-state index in [1.807, 2.05) is 48.5 Å². The van der Waals surface area contributed by atoms with E-state index in [2.05, 4.69) is 15.5 Å². The summed E-state index contributed by atoms with van der Waals surface area (Å²) in [4.78, 5) is 25.9. The molecule has 2 amide bonds. The minimum atomic E-state index is -0.557. The summed E-state index contributed by atoms with van der Waals surface area (Å²) in [6.07, 6.45) is 1.65. The number of hydrogen-bond donors (Lipinski definition) is 3. The van der Waals surface area contributed by atoms with E-state index in [1.165, 1.54) is 0 Å². The van der Waals surface area contributed by atoms with Crippen LogP contribution in [0.2, 0.25) is 0 Å². The van der Waals surface area contributed by atoms with E-state index in [0.717, 1.165) is 54.7 Å². The third-order valence-corrected chi connectivity index (χ3v) is 7.91. The number of esters is 1. The average Bonchev–Trinajstić information content (AvgIpc) is 3.48. The number of amides is 2. The first kappa shape index (κ1) is 30.4. The molecule has 1 spiro atoms. The maximum Gasteiger partial charge on any atom is 0.325 e. The molecule has 11 nitrogen and oxygen atoms in total. The minimum absolute atomic E-state index is 0.00168. The zero-order valence-electron chi connectivity index (χ0n) is 24.1. The van der Waals surface area contributed by atoms with Gasteiger partial charge in [0.15, 0.2) is 12.1 Å². The van der Waals surface area contributed by atoms with Gasteiger partial charge in [-0.15, -0.1) is 0 Å². The first-order valence-electron chi connectivity index (χ1n) is 14.7. The molecule has 3 heterocycles. The summed E-state index contributed by atoms with van der Waals surface area (Å²) in [5.74, 6) is -0.892. The number of likely N-dealkylation sites (tertiary alicyclic amines) is 1. The van der Waals surface area contributed by atoms with Gasteiger partial charge < -0.3 is 44.3 Å². The largest absolute Gasteiger partial charge is 0.465 e. The van der Waals surface area contributed by atoms with E-state index in [4.69, 9.17) is 23.7 Å². The van der Waals surface area contributed by atoms with Crippen LogP contribution in [0.5, 0.6) is 0 Å². The van der Waals surface area contributed by atoms with Gasteiger partial charge in [-0.2, -0.15) is 0 Å². The molecule has 0 radical (unpaired) electrons. The maximum atomic E-state index is 12.0. The lowest BCUT2D eigenvalue weighted by Gasteiger charge is -2.41. The Morgan fingerprint density at radius 3 is 2.29 bits per heavy atom. The predicted octanol–water partition coefficient (Wildman–Crippen LogP) is 2.93. The van der Waals surface area contributed by atoms with Crippen molar-refractivity contribution in [1.29, 1.82) is 0 Å². The number of carbonyl (C=O) groups excluding carboxylic acids is 2. The highest BCUT2D eigenvalue weighted by Crippen LogP contribution is 2.39. The lowest BCUT2D eigenvalue weighted by atomic mass is 9.98. The highest BCUT2D eigenvalue weighted by molar-refractivity contribution is 5.80. The molecule has 0 saturated carbocycles. The highest BCUT2D eigenvalue weighted by atomic mass is 16.7. The second kappa shape index (κ2) is 14.4. The molecule has 0 unspecified atom stereocenters. The first-order chi connectivity index (χ1) is 20.4. The van der Waals surface area contributed by atoms with Crippen molar-refractivity contribution in [2.24, 2.45) is 0 Å². The Hall–Kier alpha value is -3.06. The van der Waals surface area contributed by atoms with E-state index in [9.17, 15) is 14.7 Å². The van der Waals surface area contributed by atoms with Crippen LogP contribution in [0.3, 0.4) is 0 Å². The zero-order chi connectivity index (χ0) is 29.4. The van der Waals surface area contributed by atoms with E-state index < -0.39 is 24.1 Å². The minimum Gasteiger partial charge on any atom is -0.465 e. The first-order valence-corrected chi connectivity index (χ1v) is 14.7. The van der Waals surface area contributed by atoms with Gasteiger partial charge in [-0.05, 0) is 23.6 Å². The van der Waals surface area contributed by atoms with Gasteiger partial charge in [0.05, 0.1) is 38.6 Å². The van der Waals surface area contributed by atoms with Crippen LogP contribution in [0.1, 0.15) is 60.8 Å². The molecule has 3 aliphatic rings. The fourth-order valence-corrected chi connectivity index (χ4v) is 5.58. The molecule has 2 aromatic rings. The molecule has 2 aromatic carbocycles. The van der Waals surface area contributed by atoms with Crippen molar-refractivity contribution in [1.82, 2.24) is 15.5 Å². The fraction of sp³-hybridized carbons (Fsp3) is 0.548. The number of piperidine rings is 1. The number of ether oxygens (including phenoxy) is 5. The Morgan fingerprint density at radius 1 is 0.952 bits per heavy atom. The van der Waals surface area contributed by atoms with Crippen LogP contribution in [0.25, 0.3) is 0 Å². The number of aliphatic hydroxyl groups excluding tert-OH is 1. The molecule has 3 fully saturated rings. The van der Waals surface area contributed by atoms with E-state index in [-0.39, 0.29) is 32.0 Å². The Morgan fingerprint density at radius 2 is 1.62 bits per heavy atom. The fourth-order valence-electron chi connectivity index (χ4n) is 5.58. The summed E-state index contributed by atoms with van der Waals surface area (Å²) in [6.45, 7) is 5.98. The number of hydrogen-bond acceptors (Lipinski definition) is 9. The Balaban J connectivity index is 1.20. The molecule has 0 aliphatic carbocycles. The van der Waals surface area contributed by atoms with E-state index >= 15 is 0 Å². The van der Waals surface area contributed by atoms with Crippen molar-refractivity contribution in [3.05, 3.63) is 70.8 Å². The van der Waals surface area contributed by atoms with Crippen LogP contribution in [0.15, 0.2) is 48.5 Å². The Bertz CT molecular complexity index is 1160. The number of carbonyl (C=O) groups is 2. The van der Waals surface area contributed by atoms with Crippen molar-refractivity contribution < 1.29 is 38.4 Å². The summed E-state index contributed by atoms with van der Waals surface area (Å²) < 4.78 is 29.6. The summed E-state index contributed by atoms with van der Waals surface area (Å²) in [5.41, 5.74) is 3.69. The summed E-state index contributed by atoms with van der Waals surface area (Å²) in [6, 6.07) is 15.2. The van der Waals surface area contributed by atoms with E-state index in [0.29, 0.717) is 26.2 Å². The summed E-state index contributed by atoms with van der Waals surface area (Å²) in [7, 11) is 0. The second-order valence-electron chi connectivity index (χ2n) is 10.8. The van der Waals surface area contributed by atoms with Crippen molar-refractivity contribution >= 4 is 12.0 Å². The summed E-state index contributed by atoms with van der Waals surface area (Å²) in [5, 5.41) is 14.7. The third-order valence-electron chi connectivity index (χ3n) is 7.91. The lowest BCUT2D eigenvalue weighted by molar-refractivity contribution is -0.255. The monoisotopic (exact) mass is 583 g/mol. The topological polar surface area (TPSA) is 128 Å². The second-order valence-corrected chi connectivity index (χ2v) is 10.8. The molecule has 3 atom stereocenters. The number of nitrogens with zero attached hydrogens (tertiary/aromatic N) is 1. The average molecular weight is 584 g/mol. The van der Waals surface area contributed by atoms with Crippen molar-refractivity contribution in [2.75, 3.05) is 46.0 Å². The molecule has 3 saturated heterocycles. The van der Waals surface area contributed by atoms with Crippen LogP contribution < -0.4 is 10.6 Å². The van der Waals surface area contributed by atoms with E-state index in [1.54, 1.807) is 6.92 Å². The van der Waals surface area contributed by atoms with Crippen molar-refractivity contribution in [2.45, 2.75) is 63.6 Å². The van der Waals surface area contributed by atoms with Gasteiger partial charge in [-0.3, -0.25) is 4.79 Å². The lowest BCUT2D eigenvalue weighted by Crippen LogP contribution is -2.48. The van der Waals surface area contributed by atoms with Crippen LogP contribution in [0, 0.1) is 0 Å². The smallest absolute Gasteiger partial charge is 0.325 e. The molecule has 5 rings (SSSR count). The van der Waals surface area contributed by atoms with Gasteiger partial charge in [0.25, 0.3) is 0 Å². The standard InChI is InChI=1S/C31H41N3O8/c1-2-38-28(36)19-33-30(37)32-18-22-3-9-25(10-4-22)29-41-26(17-27(42-29)24-7-5-23(21-35)6-8-24)20-34-13-11-31(12-14-34)39-15-16-40-31/h3-10,26-27,29,35H,2,11-21H2,1H3,(H2,32,33,37)/t26-,27+,29+/m0/s1. The third kappa shape index (κ3) is 8.06. The number of rotatable bonds is 10. The molecule has 42 heavy (non-hydrogen) atoms. The van der Waals surface area contributed by atoms with Gasteiger partial charge in [-0.1, -0.05) is 48.5 Å². The predicted molar refractivity (Wildman–Crippen MR) is 152 cm³/mol. The molecule has 0 bridgehead atoms. The summed E-state index contributed by atoms with van der Waals surface area (Å²) >= 11 is 0. The van der Waals surface area contributed by atoms with Gasteiger partial charge in [0.1, 0.15) is 6.54 Å². The molecule has 0 aromatic heterocycles. The van der Waals surface area contributed by atoms with Gasteiger partial charge >= 0.3 is 12.0 Å². The van der Waals surface area contributed by atoms with Gasteiger partial charge in [-0.25, -0.2) is 4.79 Å². The zero-order valence-corrected chi connectivity index (χ0v) is 24.1. The quantitative estimate of drug-likeness (QED) is 0.362. The number of benzene rings is 2. The molecular formula is C31H41N3O8. The molecule has 11 heteroatoms. The van der Waals surface area contributed by atoms with Crippen LogP contribution in [-0.2, 0) is 41.6 Å².